The predicted molar refractivity (Wildman–Crippen MR) is 123 cm³/mol. The number of alkyl halides is 3. The molecular weight excluding hydrogens is 492 g/mol. The van der Waals surface area contributed by atoms with Gasteiger partial charge in [0.15, 0.2) is 0 Å². The highest BCUT2D eigenvalue weighted by atomic mass is 35.5. The standard InChI is InChI=1S/C24H23Cl2F3N2O3/c1-22(2,3)33-21(32)31-12-16(13-31)14-4-6-15(7-5-14)20-11-23(34-30-20,24(27,28)29)17-8-18(25)10-19(26)9-17/h4-11,16,30H,12-13H2,1-3H3. The first-order valence-electron chi connectivity index (χ1n) is 10.6. The molecule has 0 spiro atoms. The van der Waals surface area contributed by atoms with Gasteiger partial charge in [0, 0.05) is 34.6 Å². The van der Waals surface area contributed by atoms with E-state index in [1.165, 1.54) is 18.2 Å². The summed E-state index contributed by atoms with van der Waals surface area (Å²) in [6.45, 7) is 6.47. The Morgan fingerprint density at radius 1 is 1.09 bits per heavy atom. The molecule has 0 radical (unpaired) electrons. The van der Waals surface area contributed by atoms with Crippen molar-refractivity contribution in [3.05, 3.63) is 75.3 Å². The first-order valence-corrected chi connectivity index (χ1v) is 11.3. The zero-order valence-electron chi connectivity index (χ0n) is 18.7. The molecule has 34 heavy (non-hydrogen) atoms. The Kier molecular flexibility index (Phi) is 6.29. The third-order valence-corrected chi connectivity index (χ3v) is 6.04. The quantitative estimate of drug-likeness (QED) is 0.497. The summed E-state index contributed by atoms with van der Waals surface area (Å²) in [4.78, 5) is 18.8. The van der Waals surface area contributed by atoms with Gasteiger partial charge in [0.2, 0.25) is 5.60 Å². The van der Waals surface area contributed by atoms with E-state index < -0.39 is 17.4 Å². The van der Waals surface area contributed by atoms with Crippen molar-refractivity contribution < 1.29 is 27.5 Å². The summed E-state index contributed by atoms with van der Waals surface area (Å²) in [5.74, 6) is 0.131. The van der Waals surface area contributed by atoms with Gasteiger partial charge in [-0.2, -0.15) is 13.2 Å². The van der Waals surface area contributed by atoms with Gasteiger partial charge in [-0.3, -0.25) is 10.3 Å². The van der Waals surface area contributed by atoms with Crippen molar-refractivity contribution in [2.75, 3.05) is 13.1 Å². The van der Waals surface area contributed by atoms with E-state index in [0.29, 0.717) is 18.7 Å². The molecule has 0 saturated carbocycles. The van der Waals surface area contributed by atoms with Crippen molar-refractivity contribution in [2.24, 2.45) is 0 Å². The Balaban J connectivity index is 1.52. The van der Waals surface area contributed by atoms with E-state index in [4.69, 9.17) is 32.8 Å². The van der Waals surface area contributed by atoms with E-state index in [-0.39, 0.29) is 33.3 Å². The lowest BCUT2D eigenvalue weighted by atomic mass is 9.89. The van der Waals surface area contributed by atoms with Gasteiger partial charge in [-0.1, -0.05) is 47.5 Å². The molecule has 2 aliphatic rings. The molecule has 2 aromatic carbocycles. The van der Waals surface area contributed by atoms with Gasteiger partial charge in [-0.25, -0.2) is 4.79 Å². The summed E-state index contributed by atoms with van der Waals surface area (Å²) in [7, 11) is 0. The van der Waals surface area contributed by atoms with Crippen LogP contribution in [0.4, 0.5) is 18.0 Å². The molecule has 182 valence electrons. The smallest absolute Gasteiger partial charge is 0.428 e. The zero-order valence-corrected chi connectivity index (χ0v) is 20.2. The van der Waals surface area contributed by atoms with Crippen LogP contribution in [0.15, 0.2) is 48.5 Å². The van der Waals surface area contributed by atoms with E-state index in [0.717, 1.165) is 11.6 Å². The van der Waals surface area contributed by atoms with Crippen LogP contribution in [0.3, 0.4) is 0 Å². The number of amides is 1. The van der Waals surface area contributed by atoms with E-state index >= 15 is 0 Å². The summed E-state index contributed by atoms with van der Waals surface area (Å²) in [5.41, 5.74) is 0.556. The molecule has 1 fully saturated rings. The number of nitrogens with zero attached hydrogens (tertiary/aromatic N) is 1. The third-order valence-electron chi connectivity index (χ3n) is 5.61. The maximum Gasteiger partial charge on any atom is 0.428 e. The Morgan fingerprint density at radius 2 is 1.68 bits per heavy atom. The Hall–Kier alpha value is -2.42. The monoisotopic (exact) mass is 514 g/mol. The highest BCUT2D eigenvalue weighted by molar-refractivity contribution is 6.34. The second kappa shape index (κ2) is 8.66. The molecule has 4 rings (SSSR count). The van der Waals surface area contributed by atoms with Crippen molar-refractivity contribution in [1.29, 1.82) is 0 Å². The Bertz CT molecular complexity index is 1100. The average Bonchev–Trinajstić information content (AvgIpc) is 3.12. The van der Waals surface area contributed by atoms with Gasteiger partial charge in [0.1, 0.15) is 5.60 Å². The minimum Gasteiger partial charge on any atom is -0.444 e. The molecule has 5 nitrogen and oxygen atoms in total. The van der Waals surface area contributed by atoms with Crippen molar-refractivity contribution in [2.45, 2.75) is 44.1 Å². The van der Waals surface area contributed by atoms with Crippen LogP contribution >= 0.6 is 23.2 Å². The van der Waals surface area contributed by atoms with E-state index in [9.17, 15) is 18.0 Å². The molecule has 2 aromatic rings. The first-order chi connectivity index (χ1) is 15.8. The van der Waals surface area contributed by atoms with Gasteiger partial charge in [-0.15, -0.1) is 0 Å². The number of benzene rings is 2. The highest BCUT2D eigenvalue weighted by Crippen LogP contribution is 2.48. The molecule has 0 aromatic heterocycles. The Morgan fingerprint density at radius 3 is 2.21 bits per heavy atom. The number of likely N-dealkylation sites (tertiary alicyclic amines) is 1. The van der Waals surface area contributed by atoms with Crippen LogP contribution in [0.1, 0.15) is 43.4 Å². The van der Waals surface area contributed by atoms with Gasteiger partial charge in [0.25, 0.3) is 0 Å². The summed E-state index contributed by atoms with van der Waals surface area (Å²) >= 11 is 11.9. The maximum atomic E-state index is 14.1. The SMILES string of the molecule is CC(C)(C)OC(=O)N1CC(c2ccc(C3=CC(c4cc(Cl)cc(Cl)c4)(C(F)(F)F)ON3)cc2)C1. The van der Waals surface area contributed by atoms with E-state index in [2.05, 4.69) is 5.48 Å². The summed E-state index contributed by atoms with van der Waals surface area (Å²) in [6, 6.07) is 10.8. The number of hydroxylamine groups is 1. The molecule has 10 heteroatoms. The number of halogens is 5. The lowest BCUT2D eigenvalue weighted by Gasteiger charge is -2.40. The zero-order chi connectivity index (χ0) is 24.9. The molecule has 1 N–H and O–H groups in total. The number of carbonyl (C=O) groups is 1. The highest BCUT2D eigenvalue weighted by Gasteiger charge is 2.59. The summed E-state index contributed by atoms with van der Waals surface area (Å²) < 4.78 is 47.8. The van der Waals surface area contributed by atoms with Crippen LogP contribution < -0.4 is 5.48 Å². The fourth-order valence-electron chi connectivity index (χ4n) is 3.85. The van der Waals surface area contributed by atoms with Crippen LogP contribution in [0.5, 0.6) is 0 Å². The van der Waals surface area contributed by atoms with E-state index in [1.54, 1.807) is 17.0 Å². The fraction of sp³-hybridized carbons (Fsp3) is 0.375. The second-order valence-corrected chi connectivity index (χ2v) is 10.2. The lowest BCUT2D eigenvalue weighted by Crippen LogP contribution is -2.50. The molecule has 1 amide bonds. The molecule has 1 unspecified atom stereocenters. The van der Waals surface area contributed by atoms with Gasteiger partial charge >= 0.3 is 12.3 Å². The van der Waals surface area contributed by atoms with Crippen molar-refractivity contribution in [1.82, 2.24) is 10.4 Å². The number of hydrogen-bond acceptors (Lipinski definition) is 4. The number of hydrogen-bond donors (Lipinski definition) is 1. The molecule has 2 heterocycles. The van der Waals surface area contributed by atoms with Crippen LogP contribution in [-0.4, -0.2) is 35.9 Å². The van der Waals surface area contributed by atoms with Crippen LogP contribution in [-0.2, 0) is 15.2 Å². The van der Waals surface area contributed by atoms with Crippen molar-refractivity contribution in [3.8, 4) is 0 Å². The molecule has 0 aliphatic carbocycles. The summed E-state index contributed by atoms with van der Waals surface area (Å²) in [6.07, 6.45) is -4.15. The molecule has 1 atom stereocenters. The number of ether oxygens (including phenoxy) is 1. The third kappa shape index (κ3) is 4.85. The van der Waals surface area contributed by atoms with E-state index in [1.807, 2.05) is 32.9 Å². The lowest BCUT2D eigenvalue weighted by molar-refractivity contribution is -0.269. The fourth-order valence-corrected chi connectivity index (χ4v) is 4.38. The maximum absolute atomic E-state index is 14.1. The van der Waals surface area contributed by atoms with Gasteiger partial charge in [-0.05, 0) is 56.2 Å². The van der Waals surface area contributed by atoms with Crippen LogP contribution in [0.2, 0.25) is 10.0 Å². The average molecular weight is 515 g/mol. The number of rotatable bonds is 3. The van der Waals surface area contributed by atoms with Gasteiger partial charge in [0.05, 0.1) is 5.70 Å². The summed E-state index contributed by atoms with van der Waals surface area (Å²) in [5, 5.41) is 0.142. The topological polar surface area (TPSA) is 50.8 Å². The minimum atomic E-state index is -4.77. The van der Waals surface area contributed by atoms with Gasteiger partial charge < -0.3 is 9.64 Å². The second-order valence-electron chi connectivity index (χ2n) is 9.36. The van der Waals surface area contributed by atoms with Crippen molar-refractivity contribution >= 4 is 35.0 Å². The molecule has 2 aliphatic heterocycles. The van der Waals surface area contributed by atoms with Crippen LogP contribution in [0, 0.1) is 0 Å². The minimum absolute atomic E-state index is 0.0712. The molecular formula is C24H23Cl2F3N2O3. The van der Waals surface area contributed by atoms with Crippen molar-refractivity contribution in [3.63, 3.8) is 0 Å². The largest absolute Gasteiger partial charge is 0.444 e. The molecule has 1 saturated heterocycles. The normalized spacial score (nSPS) is 21.1. The number of carbonyl (C=O) groups excluding carboxylic acids is 1. The van der Waals surface area contributed by atoms with Crippen LogP contribution in [0.25, 0.3) is 5.70 Å². The Labute approximate surface area is 205 Å². The first kappa shape index (κ1) is 24.7. The predicted octanol–water partition coefficient (Wildman–Crippen LogP) is 6.66. The number of nitrogens with one attached hydrogen (secondary N) is 1. The molecule has 0 bridgehead atoms.